The molecule has 1 N–H and O–H groups in total. The third kappa shape index (κ3) is 3.90. The van der Waals surface area contributed by atoms with Crippen molar-refractivity contribution in [3.63, 3.8) is 0 Å². The molecule has 6 nitrogen and oxygen atoms in total. The van der Waals surface area contributed by atoms with Crippen LogP contribution in [0.25, 0.3) is 0 Å². The van der Waals surface area contributed by atoms with Crippen LogP contribution in [-0.2, 0) is 4.79 Å². The average molecular weight is 332 g/mol. The largest absolute Gasteiger partial charge is 0.368 e. The second-order valence-electron chi connectivity index (χ2n) is 5.41. The lowest BCUT2D eigenvalue weighted by Crippen LogP contribution is -2.46. The number of halogens is 1. The smallest absolute Gasteiger partial charge is 0.222 e. The van der Waals surface area contributed by atoms with Crippen LogP contribution < -0.4 is 15.1 Å². The molecule has 1 aliphatic rings. The zero-order chi connectivity index (χ0) is 16.2. The zero-order valence-electron chi connectivity index (χ0n) is 12.9. The fourth-order valence-electron chi connectivity index (χ4n) is 2.61. The van der Waals surface area contributed by atoms with Gasteiger partial charge in [-0.3, -0.25) is 4.79 Å². The van der Waals surface area contributed by atoms with Crippen LogP contribution in [-0.4, -0.2) is 42.3 Å². The number of benzene rings is 1. The van der Waals surface area contributed by atoms with Crippen LogP contribution in [0.5, 0.6) is 0 Å². The fourth-order valence-corrected chi connectivity index (χ4v) is 2.79. The second-order valence-corrected chi connectivity index (χ2v) is 5.85. The molecular weight excluding hydrogens is 314 g/mol. The number of hydrogen-bond donors (Lipinski definition) is 1. The summed E-state index contributed by atoms with van der Waals surface area (Å²) in [5.74, 6) is 1.14. The molecule has 120 valence electrons. The molecule has 2 heterocycles. The van der Waals surface area contributed by atoms with Crippen molar-refractivity contribution >= 4 is 34.8 Å². The number of amides is 1. The third-order valence-corrected chi connectivity index (χ3v) is 3.97. The predicted molar refractivity (Wildman–Crippen MR) is 92.2 cm³/mol. The van der Waals surface area contributed by atoms with Crippen LogP contribution >= 0.6 is 11.6 Å². The van der Waals surface area contributed by atoms with E-state index in [9.17, 15) is 4.79 Å². The van der Waals surface area contributed by atoms with E-state index < -0.39 is 0 Å². The fraction of sp³-hybridized carbons (Fsp3) is 0.312. The molecule has 0 spiro atoms. The SMILES string of the molecule is CC(=O)Nc1ccc(N2CCN(c3cccc(Cl)c3)CC2)nn1. The molecule has 2 aromatic rings. The summed E-state index contributed by atoms with van der Waals surface area (Å²) in [5, 5.41) is 11.6. The second kappa shape index (κ2) is 6.83. The van der Waals surface area contributed by atoms with Gasteiger partial charge in [-0.15, -0.1) is 10.2 Å². The van der Waals surface area contributed by atoms with E-state index in [1.165, 1.54) is 6.92 Å². The molecule has 1 aromatic carbocycles. The van der Waals surface area contributed by atoms with Crippen LogP contribution in [0.15, 0.2) is 36.4 Å². The number of piperazine rings is 1. The molecule has 1 saturated heterocycles. The van der Waals surface area contributed by atoms with Crippen LogP contribution in [0, 0.1) is 0 Å². The molecule has 0 radical (unpaired) electrons. The van der Waals surface area contributed by atoms with Gasteiger partial charge >= 0.3 is 0 Å². The molecule has 3 rings (SSSR count). The van der Waals surface area contributed by atoms with Gasteiger partial charge in [-0.2, -0.15) is 0 Å². The molecule has 0 atom stereocenters. The van der Waals surface area contributed by atoms with E-state index in [1.54, 1.807) is 6.07 Å². The van der Waals surface area contributed by atoms with Crippen LogP contribution in [0.4, 0.5) is 17.3 Å². The van der Waals surface area contributed by atoms with E-state index in [1.807, 2.05) is 24.3 Å². The summed E-state index contributed by atoms with van der Waals surface area (Å²) in [6.45, 7) is 4.97. The molecule has 0 aliphatic carbocycles. The number of carbonyl (C=O) groups is 1. The number of rotatable bonds is 3. The normalized spacial score (nSPS) is 14.7. The molecular formula is C16H18ClN5O. The lowest BCUT2D eigenvalue weighted by Gasteiger charge is -2.36. The molecule has 23 heavy (non-hydrogen) atoms. The van der Waals surface area contributed by atoms with Crippen LogP contribution in [0.2, 0.25) is 5.02 Å². The van der Waals surface area contributed by atoms with Crippen molar-refractivity contribution in [2.24, 2.45) is 0 Å². The molecule has 1 aliphatic heterocycles. The summed E-state index contributed by atoms with van der Waals surface area (Å²) in [4.78, 5) is 15.5. The van der Waals surface area contributed by atoms with Crippen molar-refractivity contribution in [2.45, 2.75) is 6.92 Å². The first-order chi connectivity index (χ1) is 11.1. The minimum atomic E-state index is -0.151. The highest BCUT2D eigenvalue weighted by Gasteiger charge is 2.18. The molecule has 0 bridgehead atoms. The highest BCUT2D eigenvalue weighted by atomic mass is 35.5. The quantitative estimate of drug-likeness (QED) is 0.936. The van der Waals surface area contributed by atoms with Crippen molar-refractivity contribution in [1.82, 2.24) is 10.2 Å². The number of nitrogens with one attached hydrogen (secondary N) is 1. The van der Waals surface area contributed by atoms with Gasteiger partial charge in [-0.1, -0.05) is 17.7 Å². The highest BCUT2D eigenvalue weighted by molar-refractivity contribution is 6.30. The van der Waals surface area contributed by atoms with Crippen molar-refractivity contribution < 1.29 is 4.79 Å². The maximum Gasteiger partial charge on any atom is 0.222 e. The van der Waals surface area contributed by atoms with Crippen LogP contribution in [0.1, 0.15) is 6.92 Å². The Hall–Kier alpha value is -2.34. The third-order valence-electron chi connectivity index (χ3n) is 3.73. The summed E-state index contributed by atoms with van der Waals surface area (Å²) < 4.78 is 0. The van der Waals surface area contributed by atoms with E-state index in [0.717, 1.165) is 42.7 Å². The van der Waals surface area contributed by atoms with Gasteiger partial charge in [0.1, 0.15) is 0 Å². The van der Waals surface area contributed by atoms with Gasteiger partial charge in [-0.05, 0) is 30.3 Å². The van der Waals surface area contributed by atoms with Crippen molar-refractivity contribution in [3.8, 4) is 0 Å². The molecule has 0 saturated carbocycles. The van der Waals surface area contributed by atoms with Gasteiger partial charge in [0.05, 0.1) is 0 Å². The Morgan fingerprint density at radius 1 is 1.09 bits per heavy atom. The Labute approximate surface area is 140 Å². The lowest BCUT2D eigenvalue weighted by molar-refractivity contribution is -0.114. The zero-order valence-corrected chi connectivity index (χ0v) is 13.6. The number of aromatic nitrogens is 2. The molecule has 1 amide bonds. The average Bonchev–Trinajstić information content (AvgIpc) is 2.55. The Bertz CT molecular complexity index is 683. The van der Waals surface area contributed by atoms with E-state index in [4.69, 9.17) is 11.6 Å². The van der Waals surface area contributed by atoms with Gasteiger partial charge in [-0.25, -0.2) is 0 Å². The number of anilines is 3. The summed E-state index contributed by atoms with van der Waals surface area (Å²) in [7, 11) is 0. The first-order valence-electron chi connectivity index (χ1n) is 7.48. The van der Waals surface area contributed by atoms with Crippen LogP contribution in [0.3, 0.4) is 0 Å². The first-order valence-corrected chi connectivity index (χ1v) is 7.86. The van der Waals surface area contributed by atoms with Crippen molar-refractivity contribution in [1.29, 1.82) is 0 Å². The van der Waals surface area contributed by atoms with Crippen molar-refractivity contribution in [2.75, 3.05) is 41.3 Å². The predicted octanol–water partition coefficient (Wildman–Crippen LogP) is 2.42. The van der Waals surface area contributed by atoms with Gasteiger partial charge in [0.25, 0.3) is 0 Å². The Morgan fingerprint density at radius 3 is 2.43 bits per heavy atom. The molecule has 7 heteroatoms. The van der Waals surface area contributed by atoms with Crippen molar-refractivity contribution in [3.05, 3.63) is 41.4 Å². The van der Waals surface area contributed by atoms with E-state index in [0.29, 0.717) is 5.82 Å². The van der Waals surface area contributed by atoms with E-state index in [2.05, 4.69) is 31.4 Å². The van der Waals surface area contributed by atoms with Gasteiger partial charge in [0.2, 0.25) is 5.91 Å². The summed E-state index contributed by atoms with van der Waals surface area (Å²) in [6.07, 6.45) is 0. The Balaban J connectivity index is 1.61. The van der Waals surface area contributed by atoms with E-state index >= 15 is 0 Å². The first kappa shape index (κ1) is 15.6. The number of hydrogen-bond acceptors (Lipinski definition) is 5. The molecule has 1 fully saturated rings. The Kier molecular flexibility index (Phi) is 4.62. The highest BCUT2D eigenvalue weighted by Crippen LogP contribution is 2.22. The summed E-state index contributed by atoms with van der Waals surface area (Å²) in [5.41, 5.74) is 1.14. The lowest BCUT2D eigenvalue weighted by atomic mass is 10.2. The maximum absolute atomic E-state index is 11.0. The number of carbonyl (C=O) groups excluding carboxylic acids is 1. The standard InChI is InChI=1S/C16H18ClN5O/c1-12(23)18-15-5-6-16(20-19-15)22-9-7-21(8-10-22)14-4-2-3-13(17)11-14/h2-6,11H,7-10H2,1H3,(H,18,19,23). The maximum atomic E-state index is 11.0. The monoisotopic (exact) mass is 331 g/mol. The molecule has 1 aromatic heterocycles. The minimum Gasteiger partial charge on any atom is -0.368 e. The van der Waals surface area contributed by atoms with Gasteiger partial charge in [0.15, 0.2) is 11.6 Å². The summed E-state index contributed by atoms with van der Waals surface area (Å²) >= 11 is 6.05. The van der Waals surface area contributed by atoms with Gasteiger partial charge in [0, 0.05) is 43.8 Å². The topological polar surface area (TPSA) is 61.4 Å². The summed E-state index contributed by atoms with van der Waals surface area (Å²) in [6, 6.07) is 11.6. The van der Waals surface area contributed by atoms with Gasteiger partial charge < -0.3 is 15.1 Å². The molecule has 0 unspecified atom stereocenters. The Morgan fingerprint density at radius 2 is 1.83 bits per heavy atom. The number of nitrogens with zero attached hydrogens (tertiary/aromatic N) is 4. The van der Waals surface area contributed by atoms with E-state index in [-0.39, 0.29) is 5.91 Å². The minimum absolute atomic E-state index is 0.151.